The van der Waals surface area contributed by atoms with Gasteiger partial charge in [-0.3, -0.25) is 0 Å². The lowest BCUT2D eigenvalue weighted by Crippen LogP contribution is -2.12. The maximum Gasteiger partial charge on any atom is 0.419 e. The third-order valence-electron chi connectivity index (χ3n) is 20.5. The number of fused-ring (bicyclic) bond motifs is 14. The van der Waals surface area contributed by atoms with Gasteiger partial charge >= 0.3 is 12.4 Å². The average molecular weight is 1510 g/mol. The predicted molar refractivity (Wildman–Crippen MR) is 440 cm³/mol. The summed E-state index contributed by atoms with van der Waals surface area (Å²) < 4.78 is 99.3. The zero-order valence-electron chi connectivity index (χ0n) is 62.6. The molecule has 19 heteroatoms. The van der Waals surface area contributed by atoms with E-state index in [1.807, 2.05) is 54.6 Å². The molecule has 0 aliphatic rings. The Morgan fingerprint density at radius 2 is 0.732 bits per heavy atom. The first kappa shape index (κ1) is 73.4. The van der Waals surface area contributed by atoms with Crippen LogP contribution >= 0.6 is 11.3 Å². The topological polar surface area (TPSA) is 142 Å². The molecule has 112 heavy (non-hydrogen) atoms. The van der Waals surface area contributed by atoms with E-state index in [1.165, 1.54) is 97.2 Å². The molecule has 11 nitrogen and oxygen atoms in total. The summed E-state index contributed by atoms with van der Waals surface area (Å²) in [5.41, 5.74) is 12.7. The highest BCUT2D eigenvalue weighted by molar-refractivity contribution is 7.22. The maximum absolute atomic E-state index is 15.4. The van der Waals surface area contributed by atoms with Gasteiger partial charge in [0.15, 0.2) is 0 Å². The van der Waals surface area contributed by atoms with Crippen molar-refractivity contribution in [3.8, 4) is 44.2 Å². The molecule has 0 spiro atoms. The number of nitrogens with zero attached hydrogens (tertiary/aromatic N) is 11. The van der Waals surface area contributed by atoms with Crippen molar-refractivity contribution in [2.75, 3.05) is 0 Å². The number of alkyl halides is 6. The zero-order valence-corrected chi connectivity index (χ0v) is 63.4. The molecule has 0 unspecified atom stereocenters. The summed E-state index contributed by atoms with van der Waals surface area (Å²) in [5.74, 6) is -0.721. The van der Waals surface area contributed by atoms with Crippen LogP contribution in [0.3, 0.4) is 0 Å². The molecule has 0 aliphatic heterocycles. The Kier molecular flexibility index (Phi) is 18.7. The van der Waals surface area contributed by atoms with Crippen molar-refractivity contribution in [1.29, 1.82) is 0 Å². The van der Waals surface area contributed by atoms with E-state index in [9.17, 15) is 26.3 Å². The van der Waals surface area contributed by atoms with Gasteiger partial charge in [0, 0.05) is 74.9 Å². The normalized spacial score (nSPS) is 12.2. The van der Waals surface area contributed by atoms with Crippen molar-refractivity contribution in [3.63, 3.8) is 0 Å². The van der Waals surface area contributed by atoms with Crippen LogP contribution in [-0.2, 0) is 23.2 Å². The predicted octanol–water partition coefficient (Wildman–Crippen LogP) is 25.5. The van der Waals surface area contributed by atoms with Gasteiger partial charge in [0.25, 0.3) is 0 Å². The van der Waals surface area contributed by atoms with E-state index in [4.69, 9.17) is 0 Å². The van der Waals surface area contributed by atoms with Crippen LogP contribution in [0.4, 0.5) is 30.7 Å². The first-order valence-corrected chi connectivity index (χ1v) is 37.2. The second-order valence-electron chi connectivity index (χ2n) is 30.3. The van der Waals surface area contributed by atoms with E-state index < -0.39 is 34.8 Å². The van der Waals surface area contributed by atoms with E-state index in [0.717, 1.165) is 93.1 Å². The fourth-order valence-electron chi connectivity index (χ4n) is 15.5. The van der Waals surface area contributed by atoms with Crippen LogP contribution in [0.5, 0.6) is 0 Å². The third-order valence-corrected chi connectivity index (χ3v) is 21.7. The van der Waals surface area contributed by atoms with Crippen LogP contribution in [0.15, 0.2) is 243 Å². The molecule has 5 aromatic heterocycles. The van der Waals surface area contributed by atoms with Crippen LogP contribution in [0, 0.1) is 33.5 Å². The average Bonchev–Trinajstić information content (AvgIpc) is 1.04. The zero-order chi connectivity index (χ0) is 78.3. The van der Waals surface area contributed by atoms with Crippen molar-refractivity contribution in [2.45, 2.75) is 92.4 Å². The van der Waals surface area contributed by atoms with Crippen LogP contribution < -0.4 is 0 Å². The van der Waals surface area contributed by atoms with Gasteiger partial charge in [0.1, 0.15) is 45.0 Å². The third kappa shape index (κ3) is 13.7. The second-order valence-corrected chi connectivity index (χ2v) is 31.4. The number of aromatic nitrogens is 11. The van der Waals surface area contributed by atoms with Gasteiger partial charge in [-0.25, -0.2) is 4.39 Å². The summed E-state index contributed by atoms with van der Waals surface area (Å²) in [6.07, 6.45) is -7.87. The number of hydrogen-bond acceptors (Lipinski definition) is 12. The number of rotatable bonds is 4. The van der Waals surface area contributed by atoms with Crippen LogP contribution in [0.1, 0.15) is 86.1 Å². The first-order valence-electron chi connectivity index (χ1n) is 36.4. The summed E-state index contributed by atoms with van der Waals surface area (Å²) in [5, 5.41) is 58.4. The molecular formula is C93H70F7N11S. The van der Waals surface area contributed by atoms with E-state index >= 15 is 4.39 Å². The minimum atomic E-state index is -4.70. The number of aryl methyl sites for hydroxylation is 4. The molecule has 0 radical (unpaired) electrons. The molecule has 0 N–H and O–H groups in total. The number of hydrogen-bond donors (Lipinski definition) is 0. The van der Waals surface area contributed by atoms with Gasteiger partial charge < -0.3 is 0 Å². The van der Waals surface area contributed by atoms with Crippen molar-refractivity contribution in [2.24, 2.45) is 0 Å². The number of benzene rings is 14. The molecule has 0 fully saturated rings. The monoisotopic (exact) mass is 1510 g/mol. The molecule has 552 valence electrons. The minimum Gasteiger partial charge on any atom is -0.206 e. The Bertz CT molecular complexity index is 6930. The lowest BCUT2D eigenvalue weighted by atomic mass is 9.82. The fourth-order valence-corrected chi connectivity index (χ4v) is 16.5. The Labute approximate surface area is 642 Å². The number of thiophene rings is 1. The molecule has 0 aliphatic carbocycles. The smallest absolute Gasteiger partial charge is 0.206 e. The van der Waals surface area contributed by atoms with Gasteiger partial charge in [-0.2, -0.15) is 31.4 Å². The highest BCUT2D eigenvalue weighted by atomic mass is 32.1. The highest BCUT2D eigenvalue weighted by Gasteiger charge is 2.38. The van der Waals surface area contributed by atoms with E-state index in [-0.39, 0.29) is 37.9 Å². The fraction of sp³-hybridized carbons (Fsp3) is 0.151. The van der Waals surface area contributed by atoms with Gasteiger partial charge in [0.2, 0.25) is 0 Å². The van der Waals surface area contributed by atoms with E-state index in [0.29, 0.717) is 26.9 Å². The minimum absolute atomic E-state index is 0.0230. The molecule has 0 saturated heterocycles. The molecule has 19 rings (SSSR count). The summed E-state index contributed by atoms with van der Waals surface area (Å²) in [6.45, 7) is 21.6. The Hall–Kier alpha value is -12.7. The standard InChI is InChI=1S/C26H20F3N3.C26H23N3.C21H10F4N2S.C20H17N3/c1-25(2,3)21-14-17(13-16-7-4-5-9-18(16)21)23-19-12-11-15-8-6-10-20(26(27,28)29)22(15)24(19)31-32-30-23;1-16-8-7-10-17-12-13-21-24(27-29-28-25(21)23(16)17)19-14-18-9-5-6-11-20(18)22(15-19)26(2,3)4;22-19-13-7-3-2-6-12(13)18(21(23,24)25)20-17(19)14(10-26-27-20)16-9-11-5-1-4-8-15(11)28-16;1-12-9-13(2)11-16(10-12)19-17-8-7-15-6-4-5-14(3)18(15)20(17)22-23-21-19/h4-14H,1-3H3;5-15H,1-4H3;1-10H;4-11H,1-3H3. The largest absolute Gasteiger partial charge is 0.419 e. The highest BCUT2D eigenvalue weighted by Crippen LogP contribution is 2.47. The van der Waals surface area contributed by atoms with Crippen LogP contribution in [-0.4, -0.2) is 56.4 Å². The molecular weight excluding hydrogens is 1440 g/mol. The van der Waals surface area contributed by atoms with Gasteiger partial charge in [-0.15, -0.1) is 47.0 Å². The SMILES string of the molecule is CC(C)(C)c1cc(-c2nnnc3c2ccc2cccc(C(F)(F)F)c23)cc2ccccc12.Cc1cc(C)cc(-c2nnnc3c2ccc2cccc(C)c23)c1.Cc1cccc2ccc3c(-c4cc(C(C)(C)C)c5ccccc5c4)nnnc3c12.Fc1c2ccccc2c(C(F)(F)F)c2nncc(-c3cc4ccccc4s3)c12. The van der Waals surface area contributed by atoms with Crippen molar-refractivity contribution in [3.05, 3.63) is 293 Å². The van der Waals surface area contributed by atoms with Gasteiger partial charge in [-0.05, 0) is 198 Å². The van der Waals surface area contributed by atoms with Gasteiger partial charge in [-0.1, -0.05) is 216 Å². The molecule has 0 atom stereocenters. The lowest BCUT2D eigenvalue weighted by molar-refractivity contribution is -0.136. The molecule has 0 saturated carbocycles. The first-order chi connectivity index (χ1) is 53.7. The van der Waals surface area contributed by atoms with Crippen molar-refractivity contribution >= 4 is 130 Å². The molecule has 19 aromatic rings. The van der Waals surface area contributed by atoms with E-state index in [1.54, 1.807) is 18.2 Å². The van der Waals surface area contributed by atoms with Crippen LogP contribution in [0.2, 0.25) is 0 Å². The van der Waals surface area contributed by atoms with Gasteiger partial charge in [0.05, 0.1) is 17.3 Å². The Morgan fingerprint density at radius 3 is 1.21 bits per heavy atom. The van der Waals surface area contributed by atoms with E-state index in [2.05, 4.69) is 253 Å². The van der Waals surface area contributed by atoms with Crippen LogP contribution in [0.25, 0.3) is 163 Å². The van der Waals surface area contributed by atoms with Crippen molar-refractivity contribution in [1.82, 2.24) is 56.4 Å². The quantitative estimate of drug-likeness (QED) is 0.0944. The Balaban J connectivity index is 0.000000114. The maximum atomic E-state index is 15.4. The molecule has 14 aromatic carbocycles. The Morgan fingerprint density at radius 1 is 0.312 bits per heavy atom. The molecule has 0 amide bonds. The lowest BCUT2D eigenvalue weighted by Gasteiger charge is -2.23. The second kappa shape index (κ2) is 28.6. The van der Waals surface area contributed by atoms with Crippen molar-refractivity contribution < 1.29 is 30.7 Å². The summed E-state index contributed by atoms with van der Waals surface area (Å²) >= 11 is 1.38. The number of halogens is 7. The summed E-state index contributed by atoms with van der Waals surface area (Å²) in [6, 6.07) is 75.4. The molecule has 5 heterocycles. The molecule has 0 bridgehead atoms. The summed E-state index contributed by atoms with van der Waals surface area (Å²) in [4.78, 5) is 0.642. The summed E-state index contributed by atoms with van der Waals surface area (Å²) in [7, 11) is 0.